The molecule has 2 aliphatic heterocycles. The highest BCUT2D eigenvalue weighted by atomic mass is 31.2. The molecule has 0 saturated carbocycles. The van der Waals surface area contributed by atoms with Crippen LogP contribution in [0.2, 0.25) is 0 Å². The largest absolute Gasteiger partial charge is 0.647 e. The van der Waals surface area contributed by atoms with E-state index < -0.39 is 7.82 Å². The van der Waals surface area contributed by atoms with Gasteiger partial charge in [-0.15, -0.1) is 0 Å². The molecule has 1 unspecified atom stereocenters. The molecule has 0 spiro atoms. The van der Waals surface area contributed by atoms with Crippen LogP contribution < -0.4 is 23.3 Å². The van der Waals surface area contributed by atoms with E-state index in [0.29, 0.717) is 11.5 Å². The van der Waals surface area contributed by atoms with Crippen LogP contribution in [0.1, 0.15) is 11.1 Å². The molecule has 7 heteroatoms. The van der Waals surface area contributed by atoms with Crippen molar-refractivity contribution in [2.24, 2.45) is 0 Å². The van der Waals surface area contributed by atoms with Crippen molar-refractivity contribution >= 4 is 7.82 Å². The molecule has 4 rings (SSSR count). The van der Waals surface area contributed by atoms with Crippen LogP contribution in [0.4, 0.5) is 0 Å². The number of hydrogen-bond acceptors (Lipinski definition) is 6. The normalized spacial score (nSPS) is 21.2. The first-order valence-electron chi connectivity index (χ1n) is 6.32. The van der Waals surface area contributed by atoms with Crippen molar-refractivity contribution in [2.45, 2.75) is 13.8 Å². The second-order valence-electron chi connectivity index (χ2n) is 4.88. The SMILES string of the molecule is Cc1ccc2c(c1)OP1(=O)Oc3c(C)ccc(c3O1)OO2. The van der Waals surface area contributed by atoms with Crippen molar-refractivity contribution in [3.63, 3.8) is 0 Å². The van der Waals surface area contributed by atoms with E-state index in [1.807, 2.05) is 19.9 Å². The molecule has 21 heavy (non-hydrogen) atoms. The van der Waals surface area contributed by atoms with Crippen LogP contribution in [0.3, 0.4) is 0 Å². The highest BCUT2D eigenvalue weighted by Gasteiger charge is 2.45. The van der Waals surface area contributed by atoms with E-state index in [0.717, 1.165) is 11.1 Å². The second kappa shape index (κ2) is 4.09. The van der Waals surface area contributed by atoms with Gasteiger partial charge in [0.15, 0.2) is 11.5 Å². The molecular formula is C14H11O6P. The maximum absolute atomic E-state index is 12.7. The van der Waals surface area contributed by atoms with Crippen molar-refractivity contribution in [3.8, 4) is 28.7 Å². The molecule has 1 atom stereocenters. The lowest BCUT2D eigenvalue weighted by molar-refractivity contribution is -0.101. The summed E-state index contributed by atoms with van der Waals surface area (Å²) in [7, 11) is -3.79. The number of benzene rings is 2. The third-order valence-electron chi connectivity index (χ3n) is 3.21. The van der Waals surface area contributed by atoms with Crippen LogP contribution in [0.15, 0.2) is 30.3 Å². The van der Waals surface area contributed by atoms with Gasteiger partial charge in [0.1, 0.15) is 0 Å². The number of aryl methyl sites for hydroxylation is 2. The number of rotatable bonds is 0. The van der Waals surface area contributed by atoms with Gasteiger partial charge in [-0.1, -0.05) is 12.1 Å². The lowest BCUT2D eigenvalue weighted by atomic mass is 10.2. The molecule has 6 nitrogen and oxygen atoms in total. The molecule has 2 aliphatic rings. The summed E-state index contributed by atoms with van der Waals surface area (Å²) in [4.78, 5) is 10.5. The van der Waals surface area contributed by atoms with Crippen LogP contribution in [0, 0.1) is 13.8 Å². The average molecular weight is 306 g/mol. The monoisotopic (exact) mass is 306 g/mol. The molecule has 2 aromatic carbocycles. The highest BCUT2D eigenvalue weighted by Crippen LogP contribution is 2.63. The fourth-order valence-electron chi connectivity index (χ4n) is 2.15. The van der Waals surface area contributed by atoms with Crippen molar-refractivity contribution < 1.29 is 27.9 Å². The first kappa shape index (κ1) is 12.4. The van der Waals surface area contributed by atoms with Crippen molar-refractivity contribution in [3.05, 3.63) is 41.5 Å². The first-order valence-corrected chi connectivity index (χ1v) is 7.78. The van der Waals surface area contributed by atoms with E-state index in [4.69, 9.17) is 23.3 Å². The molecule has 2 bridgehead atoms. The topological polar surface area (TPSA) is 63.2 Å². The van der Waals surface area contributed by atoms with E-state index >= 15 is 0 Å². The minimum atomic E-state index is -3.79. The van der Waals surface area contributed by atoms with Crippen LogP contribution in [0.5, 0.6) is 28.7 Å². The van der Waals surface area contributed by atoms with Crippen LogP contribution in [-0.2, 0) is 4.57 Å². The van der Waals surface area contributed by atoms with Gasteiger partial charge in [-0.05, 0) is 43.2 Å². The van der Waals surface area contributed by atoms with Crippen molar-refractivity contribution in [1.29, 1.82) is 0 Å². The predicted molar refractivity (Wildman–Crippen MR) is 73.1 cm³/mol. The number of hydrogen-bond donors (Lipinski definition) is 0. The van der Waals surface area contributed by atoms with Gasteiger partial charge in [-0.3, -0.25) is 9.78 Å². The Bertz CT molecular complexity index is 800. The van der Waals surface area contributed by atoms with Gasteiger partial charge < -0.3 is 13.6 Å². The lowest BCUT2D eigenvalue weighted by Gasteiger charge is -2.14. The van der Waals surface area contributed by atoms with Crippen LogP contribution in [0.25, 0.3) is 0 Å². The number of fused-ring (bicyclic) bond motifs is 2. The molecular weight excluding hydrogens is 295 g/mol. The standard InChI is InChI=1S/C14H11O6P/c1-8-3-5-10-12(7-8)18-21(15)19-13-9(2)4-6-11(17-16-10)14(13)20-21/h3-7H,1-2H3. The second-order valence-corrected chi connectivity index (χ2v) is 6.32. The summed E-state index contributed by atoms with van der Waals surface area (Å²) in [6.45, 7) is 3.69. The summed E-state index contributed by atoms with van der Waals surface area (Å²) in [6, 6.07) is 8.58. The Kier molecular flexibility index (Phi) is 2.41. The van der Waals surface area contributed by atoms with Gasteiger partial charge in [-0.25, -0.2) is 0 Å². The van der Waals surface area contributed by atoms with Gasteiger partial charge in [0.2, 0.25) is 17.2 Å². The minimum absolute atomic E-state index is 0.225. The molecule has 2 aromatic rings. The Morgan fingerprint density at radius 1 is 0.810 bits per heavy atom. The van der Waals surface area contributed by atoms with Crippen LogP contribution >= 0.6 is 7.82 Å². The fraction of sp³-hybridized carbons (Fsp3) is 0.143. The van der Waals surface area contributed by atoms with Gasteiger partial charge in [0.05, 0.1) is 0 Å². The molecule has 0 radical (unpaired) electrons. The maximum atomic E-state index is 12.7. The van der Waals surface area contributed by atoms with Gasteiger partial charge in [-0.2, -0.15) is 4.57 Å². The Morgan fingerprint density at radius 3 is 2.38 bits per heavy atom. The number of phosphoric ester groups is 1. The Balaban J connectivity index is 1.89. The Hall–Kier alpha value is -2.33. The predicted octanol–water partition coefficient (Wildman–Crippen LogP) is 3.95. The van der Waals surface area contributed by atoms with E-state index in [1.165, 1.54) is 0 Å². The third-order valence-corrected chi connectivity index (χ3v) is 4.44. The molecule has 0 aliphatic carbocycles. The molecule has 0 fully saturated rings. The summed E-state index contributed by atoms with van der Waals surface area (Å²) in [5, 5.41) is 0. The summed E-state index contributed by atoms with van der Waals surface area (Å²) in [6.07, 6.45) is 0. The average Bonchev–Trinajstić information content (AvgIpc) is 2.80. The lowest BCUT2D eigenvalue weighted by Crippen LogP contribution is -2.04. The highest BCUT2D eigenvalue weighted by molar-refractivity contribution is 7.50. The molecule has 0 saturated heterocycles. The zero-order chi connectivity index (χ0) is 14.6. The zero-order valence-corrected chi connectivity index (χ0v) is 12.2. The number of phosphoric acid groups is 1. The molecule has 0 N–H and O–H groups in total. The first-order chi connectivity index (χ1) is 10.0. The van der Waals surface area contributed by atoms with Crippen molar-refractivity contribution in [1.82, 2.24) is 0 Å². The Labute approximate surface area is 120 Å². The van der Waals surface area contributed by atoms with Crippen molar-refractivity contribution in [2.75, 3.05) is 0 Å². The summed E-state index contributed by atoms with van der Waals surface area (Å²) in [5.41, 5.74) is 1.68. The zero-order valence-electron chi connectivity index (χ0n) is 11.3. The van der Waals surface area contributed by atoms with E-state index in [9.17, 15) is 4.57 Å². The molecule has 2 heterocycles. The third kappa shape index (κ3) is 1.91. The van der Waals surface area contributed by atoms with E-state index in [-0.39, 0.29) is 17.2 Å². The summed E-state index contributed by atoms with van der Waals surface area (Å²) >= 11 is 0. The summed E-state index contributed by atoms with van der Waals surface area (Å²) < 4.78 is 28.9. The molecule has 0 aromatic heterocycles. The quantitative estimate of drug-likeness (QED) is 0.542. The molecule has 108 valence electrons. The smallest absolute Gasteiger partial charge is 0.382 e. The van der Waals surface area contributed by atoms with Gasteiger partial charge in [0.25, 0.3) is 0 Å². The van der Waals surface area contributed by atoms with Crippen LogP contribution in [-0.4, -0.2) is 0 Å². The van der Waals surface area contributed by atoms with E-state index in [1.54, 1.807) is 24.3 Å². The van der Waals surface area contributed by atoms with E-state index in [2.05, 4.69) is 0 Å². The maximum Gasteiger partial charge on any atom is 0.647 e. The summed E-state index contributed by atoms with van der Waals surface area (Å²) in [5.74, 6) is 1.39. The Morgan fingerprint density at radius 2 is 1.52 bits per heavy atom. The van der Waals surface area contributed by atoms with Gasteiger partial charge in [0, 0.05) is 0 Å². The fourth-order valence-corrected chi connectivity index (χ4v) is 3.50. The molecule has 0 amide bonds. The van der Waals surface area contributed by atoms with Gasteiger partial charge >= 0.3 is 7.82 Å². The minimum Gasteiger partial charge on any atom is -0.382 e.